The van der Waals surface area contributed by atoms with Gasteiger partial charge in [0.25, 0.3) is 11.8 Å². The van der Waals surface area contributed by atoms with E-state index in [1.54, 1.807) is 23.5 Å². The van der Waals surface area contributed by atoms with Crippen molar-refractivity contribution in [3.63, 3.8) is 0 Å². The number of fused-ring (bicyclic) bond motifs is 2. The van der Waals surface area contributed by atoms with Gasteiger partial charge in [0.2, 0.25) is 0 Å². The molecular formula is C17H12F3N7O4. The summed E-state index contributed by atoms with van der Waals surface area (Å²) < 4.78 is 42.6. The summed E-state index contributed by atoms with van der Waals surface area (Å²) in [4.78, 5) is 42.7. The van der Waals surface area contributed by atoms with Crippen LogP contribution in [0.3, 0.4) is 0 Å². The van der Waals surface area contributed by atoms with E-state index in [9.17, 15) is 27.6 Å². The van der Waals surface area contributed by atoms with E-state index in [0.29, 0.717) is 17.0 Å². The number of nitrogens with one attached hydrogen (secondary N) is 4. The highest BCUT2D eigenvalue weighted by atomic mass is 19.4. The molecule has 31 heavy (non-hydrogen) atoms. The molecule has 4 rings (SSSR count). The Balaban J connectivity index is 1.50. The van der Waals surface area contributed by atoms with Crippen LogP contribution in [-0.4, -0.2) is 50.7 Å². The van der Waals surface area contributed by atoms with E-state index in [-0.39, 0.29) is 35.8 Å². The Kier molecular flexibility index (Phi) is 4.88. The lowest BCUT2D eigenvalue weighted by molar-refractivity contribution is -0.167. The summed E-state index contributed by atoms with van der Waals surface area (Å²) in [5.74, 6) is -3.18. The van der Waals surface area contributed by atoms with Gasteiger partial charge in [0.15, 0.2) is 18.1 Å². The van der Waals surface area contributed by atoms with Crippen LogP contribution in [0.4, 0.5) is 24.7 Å². The van der Waals surface area contributed by atoms with Gasteiger partial charge in [-0.25, -0.2) is 9.97 Å². The summed E-state index contributed by atoms with van der Waals surface area (Å²) in [6.07, 6.45) is -4.15. The fraction of sp³-hybridized carbons (Fsp3) is 0.176. The number of nitrogens with zero attached hydrogens (tertiary/aromatic N) is 3. The highest BCUT2D eigenvalue weighted by molar-refractivity contribution is 6.07. The number of anilines is 2. The fourth-order valence-corrected chi connectivity index (χ4v) is 2.78. The first kappa shape index (κ1) is 20.1. The molecule has 1 aromatic carbocycles. The van der Waals surface area contributed by atoms with Gasteiger partial charge in [-0.2, -0.15) is 18.3 Å². The molecule has 0 spiro atoms. The average molecular weight is 435 g/mol. The number of ether oxygens (including phenoxy) is 1. The van der Waals surface area contributed by atoms with Crippen molar-refractivity contribution in [3.8, 4) is 5.75 Å². The summed E-state index contributed by atoms with van der Waals surface area (Å²) in [6, 6.07) is 4.96. The van der Waals surface area contributed by atoms with Gasteiger partial charge in [0.1, 0.15) is 23.1 Å². The number of H-pyrrole nitrogens is 1. The van der Waals surface area contributed by atoms with Gasteiger partial charge >= 0.3 is 12.1 Å². The Morgan fingerprint density at radius 2 is 2.03 bits per heavy atom. The maximum Gasteiger partial charge on any atom is 0.471 e. The highest BCUT2D eigenvalue weighted by Crippen LogP contribution is 2.28. The van der Waals surface area contributed by atoms with Crippen LogP contribution in [0, 0.1) is 0 Å². The number of aromatic nitrogens is 4. The van der Waals surface area contributed by atoms with Crippen molar-refractivity contribution in [2.45, 2.75) is 12.7 Å². The molecule has 0 bridgehead atoms. The fourth-order valence-electron chi connectivity index (χ4n) is 2.78. The van der Waals surface area contributed by atoms with E-state index in [2.05, 4.69) is 30.8 Å². The molecule has 0 radical (unpaired) electrons. The molecular weight excluding hydrogens is 423 g/mol. The third-order valence-electron chi connectivity index (χ3n) is 4.19. The zero-order chi connectivity index (χ0) is 22.2. The summed E-state index contributed by atoms with van der Waals surface area (Å²) >= 11 is 0. The third-order valence-corrected chi connectivity index (χ3v) is 4.19. The molecule has 0 unspecified atom stereocenters. The Morgan fingerprint density at radius 1 is 1.23 bits per heavy atom. The average Bonchev–Trinajstić information content (AvgIpc) is 3.14. The number of hydrogen-bond donors (Lipinski definition) is 4. The predicted octanol–water partition coefficient (Wildman–Crippen LogP) is 1.11. The lowest BCUT2D eigenvalue weighted by Crippen LogP contribution is -2.30. The highest BCUT2D eigenvalue weighted by Gasteiger charge is 2.39. The van der Waals surface area contributed by atoms with E-state index >= 15 is 0 Å². The van der Waals surface area contributed by atoms with Crippen LogP contribution in [-0.2, 0) is 16.1 Å². The van der Waals surface area contributed by atoms with Gasteiger partial charge in [-0.05, 0) is 17.7 Å². The van der Waals surface area contributed by atoms with Crippen LogP contribution in [0.25, 0.3) is 11.0 Å². The minimum atomic E-state index is -5.11. The Morgan fingerprint density at radius 3 is 2.81 bits per heavy atom. The van der Waals surface area contributed by atoms with Crippen molar-refractivity contribution in [1.29, 1.82) is 0 Å². The number of carbonyl (C=O) groups excluding carboxylic acids is 3. The van der Waals surface area contributed by atoms with Gasteiger partial charge in [-0.15, -0.1) is 0 Å². The van der Waals surface area contributed by atoms with Crippen molar-refractivity contribution in [2.24, 2.45) is 0 Å². The summed E-state index contributed by atoms with van der Waals surface area (Å²) in [5, 5.41) is 12.8. The number of hydrogen-bond acceptors (Lipinski definition) is 7. The smallest absolute Gasteiger partial charge is 0.471 e. The molecule has 0 saturated carbocycles. The molecule has 3 aromatic rings. The second-order valence-corrected chi connectivity index (χ2v) is 6.32. The van der Waals surface area contributed by atoms with Crippen LogP contribution < -0.4 is 20.7 Å². The molecule has 0 saturated heterocycles. The van der Waals surface area contributed by atoms with E-state index in [1.807, 2.05) is 0 Å². The largest absolute Gasteiger partial charge is 0.482 e. The number of aromatic amines is 1. The molecule has 1 aliphatic heterocycles. The van der Waals surface area contributed by atoms with Crippen LogP contribution in [0.1, 0.15) is 16.1 Å². The lowest BCUT2D eigenvalue weighted by atomic mass is 10.1. The van der Waals surface area contributed by atoms with Crippen LogP contribution in [0.2, 0.25) is 0 Å². The predicted molar refractivity (Wildman–Crippen MR) is 98.1 cm³/mol. The van der Waals surface area contributed by atoms with Crippen LogP contribution in [0.5, 0.6) is 5.75 Å². The third kappa shape index (κ3) is 4.08. The standard InChI is InChI=1S/C17H12F3N7O4/c18-17(19,20)16(30)25-14-12-11(26-27-14)13(23-6-22-12)15(29)21-4-7-1-2-9-8(3-7)24-10(28)5-31-9/h1-3,6H,4-5H2,(H,21,29)(H,24,28)(H2,25,26,27,30). The molecule has 1 aliphatic rings. The van der Waals surface area contributed by atoms with Crippen LogP contribution >= 0.6 is 0 Å². The lowest BCUT2D eigenvalue weighted by Gasteiger charge is -2.18. The number of alkyl halides is 3. The number of halogens is 3. The van der Waals surface area contributed by atoms with Crippen molar-refractivity contribution < 1.29 is 32.3 Å². The SMILES string of the molecule is O=C1COc2ccc(CNC(=O)c3ncnc4c(NC(=O)C(F)(F)F)n[nH]c34)cc2N1. The molecule has 2 aromatic heterocycles. The first-order chi connectivity index (χ1) is 14.7. The Hall–Kier alpha value is -4.23. The first-order valence-electron chi connectivity index (χ1n) is 8.63. The van der Waals surface area contributed by atoms with E-state index in [0.717, 1.165) is 6.33 Å². The zero-order valence-electron chi connectivity index (χ0n) is 15.3. The summed E-state index contributed by atoms with van der Waals surface area (Å²) in [7, 11) is 0. The van der Waals surface area contributed by atoms with E-state index in [1.165, 1.54) is 0 Å². The number of amides is 3. The van der Waals surface area contributed by atoms with Gasteiger partial charge < -0.3 is 15.4 Å². The first-order valence-corrected chi connectivity index (χ1v) is 8.63. The van der Waals surface area contributed by atoms with Crippen molar-refractivity contribution in [1.82, 2.24) is 25.5 Å². The zero-order valence-corrected chi connectivity index (χ0v) is 15.3. The van der Waals surface area contributed by atoms with Gasteiger partial charge in [0.05, 0.1) is 5.69 Å². The van der Waals surface area contributed by atoms with Crippen molar-refractivity contribution in [3.05, 3.63) is 35.8 Å². The quantitative estimate of drug-likeness (QED) is 0.479. The maximum absolute atomic E-state index is 12.6. The topological polar surface area (TPSA) is 151 Å². The van der Waals surface area contributed by atoms with E-state index < -0.39 is 23.8 Å². The number of rotatable bonds is 4. The Bertz CT molecular complexity index is 1210. The molecule has 3 amide bonds. The monoisotopic (exact) mass is 435 g/mol. The van der Waals surface area contributed by atoms with E-state index in [4.69, 9.17) is 4.74 Å². The van der Waals surface area contributed by atoms with Crippen molar-refractivity contribution in [2.75, 3.05) is 17.2 Å². The molecule has 14 heteroatoms. The van der Waals surface area contributed by atoms with Crippen LogP contribution in [0.15, 0.2) is 24.5 Å². The molecule has 0 aliphatic carbocycles. The minimum Gasteiger partial charge on any atom is -0.482 e. The summed E-state index contributed by atoms with van der Waals surface area (Å²) in [5.41, 5.74) is 0.714. The molecule has 0 fully saturated rings. The normalized spacial score (nSPS) is 13.2. The molecule has 3 heterocycles. The number of benzene rings is 1. The molecule has 11 nitrogen and oxygen atoms in total. The Labute approximate surface area is 170 Å². The van der Waals surface area contributed by atoms with Gasteiger partial charge in [0, 0.05) is 6.54 Å². The maximum atomic E-state index is 12.6. The minimum absolute atomic E-state index is 0.0522. The molecule has 0 atom stereocenters. The summed E-state index contributed by atoms with van der Waals surface area (Å²) in [6.45, 7) is -0.0261. The van der Waals surface area contributed by atoms with Gasteiger partial charge in [-0.1, -0.05) is 6.07 Å². The van der Waals surface area contributed by atoms with Gasteiger partial charge in [-0.3, -0.25) is 24.8 Å². The second-order valence-electron chi connectivity index (χ2n) is 6.32. The molecule has 4 N–H and O–H groups in total. The number of carbonyl (C=O) groups is 3. The van der Waals surface area contributed by atoms with Crippen molar-refractivity contribution >= 4 is 40.3 Å². The molecule has 160 valence electrons. The second kappa shape index (κ2) is 7.55.